The van der Waals surface area contributed by atoms with Gasteiger partial charge in [0.25, 0.3) is 0 Å². The molecule has 1 unspecified atom stereocenters. The topological polar surface area (TPSA) is 50.9 Å². The van der Waals surface area contributed by atoms with Gasteiger partial charge in [-0.1, -0.05) is 0 Å². The van der Waals surface area contributed by atoms with Crippen molar-refractivity contribution >= 4 is 11.5 Å². The number of aromatic nitrogens is 1. The molecule has 4 bridgehead atoms. The summed E-state index contributed by atoms with van der Waals surface area (Å²) in [6, 6.07) is 4.31. The van der Waals surface area contributed by atoms with Gasteiger partial charge in [-0.15, -0.1) is 0 Å². The molecule has 108 valence electrons. The fourth-order valence-corrected chi connectivity index (χ4v) is 5.61. The predicted octanol–water partition coefficient (Wildman–Crippen LogP) is 3.68. The van der Waals surface area contributed by atoms with E-state index in [2.05, 4.69) is 17.2 Å². The smallest absolute Gasteiger partial charge is 0.128 e. The lowest BCUT2D eigenvalue weighted by Crippen LogP contribution is -2.52. The average molecular weight is 271 g/mol. The largest absolute Gasteiger partial charge is 0.399 e. The molecule has 0 saturated heterocycles. The second-order valence-corrected chi connectivity index (χ2v) is 7.62. The second kappa shape index (κ2) is 4.37. The SMILES string of the molecule is CC(Nc1cc(N)ccn1)C12CC3CC(CC(C3)C1)C2. The van der Waals surface area contributed by atoms with Gasteiger partial charge >= 0.3 is 0 Å². The highest BCUT2D eigenvalue weighted by Crippen LogP contribution is 2.61. The molecule has 1 heterocycles. The number of anilines is 2. The lowest BCUT2D eigenvalue weighted by molar-refractivity contribution is -0.0603. The zero-order valence-corrected chi connectivity index (χ0v) is 12.3. The average Bonchev–Trinajstić information content (AvgIpc) is 2.37. The van der Waals surface area contributed by atoms with E-state index in [0.717, 1.165) is 29.3 Å². The van der Waals surface area contributed by atoms with Crippen LogP contribution in [0.3, 0.4) is 0 Å². The maximum Gasteiger partial charge on any atom is 0.128 e. The predicted molar refractivity (Wildman–Crippen MR) is 82.3 cm³/mol. The highest BCUT2D eigenvalue weighted by atomic mass is 15.0. The maximum absolute atomic E-state index is 5.86. The molecule has 4 aliphatic carbocycles. The van der Waals surface area contributed by atoms with Gasteiger partial charge < -0.3 is 11.1 Å². The van der Waals surface area contributed by atoms with Crippen molar-refractivity contribution in [3.63, 3.8) is 0 Å². The monoisotopic (exact) mass is 271 g/mol. The van der Waals surface area contributed by atoms with E-state index in [9.17, 15) is 0 Å². The van der Waals surface area contributed by atoms with Crippen LogP contribution in [0.15, 0.2) is 18.3 Å². The van der Waals surface area contributed by atoms with Crippen LogP contribution in [0.25, 0.3) is 0 Å². The molecule has 0 aromatic carbocycles. The van der Waals surface area contributed by atoms with E-state index in [1.165, 1.54) is 38.5 Å². The quantitative estimate of drug-likeness (QED) is 0.881. The van der Waals surface area contributed by atoms with Gasteiger partial charge in [-0.3, -0.25) is 0 Å². The zero-order valence-electron chi connectivity index (χ0n) is 12.3. The number of nitrogens with zero attached hydrogens (tertiary/aromatic N) is 1. The van der Waals surface area contributed by atoms with Crippen LogP contribution in [-0.2, 0) is 0 Å². The van der Waals surface area contributed by atoms with Gasteiger partial charge in [0, 0.05) is 24.0 Å². The first-order valence-electron chi connectivity index (χ1n) is 8.11. The van der Waals surface area contributed by atoms with Gasteiger partial charge in [-0.2, -0.15) is 0 Å². The summed E-state index contributed by atoms with van der Waals surface area (Å²) in [7, 11) is 0. The third-order valence-electron chi connectivity index (χ3n) is 6.15. The fraction of sp³-hybridized carbons (Fsp3) is 0.706. The summed E-state index contributed by atoms with van der Waals surface area (Å²) >= 11 is 0. The molecule has 20 heavy (non-hydrogen) atoms. The number of nitrogens with two attached hydrogens (primary N) is 1. The molecule has 4 fully saturated rings. The van der Waals surface area contributed by atoms with Gasteiger partial charge in [0.1, 0.15) is 5.82 Å². The first-order valence-corrected chi connectivity index (χ1v) is 8.11. The Morgan fingerprint density at radius 3 is 2.35 bits per heavy atom. The first-order chi connectivity index (χ1) is 9.63. The van der Waals surface area contributed by atoms with Crippen LogP contribution < -0.4 is 11.1 Å². The van der Waals surface area contributed by atoms with E-state index in [-0.39, 0.29) is 0 Å². The summed E-state index contributed by atoms with van der Waals surface area (Å²) in [5, 5.41) is 3.65. The molecule has 0 spiro atoms. The van der Waals surface area contributed by atoms with Crippen molar-refractivity contribution < 1.29 is 0 Å². The van der Waals surface area contributed by atoms with Crippen molar-refractivity contribution in [3.05, 3.63) is 18.3 Å². The summed E-state index contributed by atoms with van der Waals surface area (Å²) in [4.78, 5) is 4.42. The van der Waals surface area contributed by atoms with Crippen LogP contribution in [0.4, 0.5) is 11.5 Å². The van der Waals surface area contributed by atoms with Crippen molar-refractivity contribution in [2.75, 3.05) is 11.1 Å². The lowest BCUT2D eigenvalue weighted by atomic mass is 9.48. The van der Waals surface area contributed by atoms with E-state index in [4.69, 9.17) is 5.73 Å². The minimum Gasteiger partial charge on any atom is -0.399 e. The van der Waals surface area contributed by atoms with Crippen LogP contribution in [0.5, 0.6) is 0 Å². The Morgan fingerprint density at radius 1 is 1.20 bits per heavy atom. The molecule has 4 saturated carbocycles. The Bertz CT molecular complexity index is 475. The normalized spacial score (nSPS) is 39.8. The minimum atomic E-state index is 0.505. The Labute approximate surface area is 121 Å². The number of pyridine rings is 1. The highest BCUT2D eigenvalue weighted by molar-refractivity contribution is 5.49. The molecular formula is C17H25N3. The fourth-order valence-electron chi connectivity index (χ4n) is 5.61. The van der Waals surface area contributed by atoms with Gasteiger partial charge in [0.2, 0.25) is 0 Å². The number of rotatable bonds is 3. The first kappa shape index (κ1) is 12.5. The summed E-state index contributed by atoms with van der Waals surface area (Å²) in [5.74, 6) is 3.94. The molecule has 3 heteroatoms. The van der Waals surface area contributed by atoms with Gasteiger partial charge in [0.05, 0.1) is 0 Å². The Morgan fingerprint density at radius 2 is 1.80 bits per heavy atom. The van der Waals surface area contributed by atoms with Gasteiger partial charge in [0.15, 0.2) is 0 Å². The van der Waals surface area contributed by atoms with Crippen molar-refractivity contribution in [1.29, 1.82) is 0 Å². The molecule has 0 aliphatic heterocycles. The summed E-state index contributed by atoms with van der Waals surface area (Å²) in [6.07, 6.45) is 10.6. The molecule has 0 radical (unpaired) electrons. The molecule has 1 atom stereocenters. The van der Waals surface area contributed by atoms with Crippen LogP contribution in [0, 0.1) is 23.2 Å². The Kier molecular flexibility index (Phi) is 2.73. The highest BCUT2D eigenvalue weighted by Gasteiger charge is 2.53. The molecule has 4 aliphatic rings. The molecule has 0 amide bonds. The Hall–Kier alpha value is -1.25. The molecule has 3 N–H and O–H groups in total. The number of hydrogen-bond donors (Lipinski definition) is 2. The van der Waals surface area contributed by atoms with E-state index in [1.807, 2.05) is 12.1 Å². The number of nitrogens with one attached hydrogen (secondary N) is 1. The van der Waals surface area contributed by atoms with Crippen molar-refractivity contribution in [2.45, 2.75) is 51.5 Å². The van der Waals surface area contributed by atoms with E-state index in [0.29, 0.717) is 11.5 Å². The number of hydrogen-bond acceptors (Lipinski definition) is 3. The molecule has 3 nitrogen and oxygen atoms in total. The molecule has 1 aromatic rings. The summed E-state index contributed by atoms with van der Waals surface area (Å²) in [5.41, 5.74) is 7.17. The lowest BCUT2D eigenvalue weighted by Gasteiger charge is -2.59. The number of nitrogen functional groups attached to an aromatic ring is 1. The molecule has 1 aromatic heterocycles. The van der Waals surface area contributed by atoms with Crippen molar-refractivity contribution in [1.82, 2.24) is 4.98 Å². The van der Waals surface area contributed by atoms with Crippen LogP contribution >= 0.6 is 0 Å². The van der Waals surface area contributed by atoms with Crippen molar-refractivity contribution in [3.8, 4) is 0 Å². The van der Waals surface area contributed by atoms with E-state index >= 15 is 0 Å². The van der Waals surface area contributed by atoms with Gasteiger partial charge in [-0.25, -0.2) is 4.98 Å². The second-order valence-electron chi connectivity index (χ2n) is 7.62. The summed E-state index contributed by atoms with van der Waals surface area (Å²) < 4.78 is 0. The molecule has 5 rings (SSSR count). The van der Waals surface area contributed by atoms with Crippen LogP contribution in [-0.4, -0.2) is 11.0 Å². The third-order valence-corrected chi connectivity index (χ3v) is 6.15. The minimum absolute atomic E-state index is 0.505. The van der Waals surface area contributed by atoms with Gasteiger partial charge in [-0.05, 0) is 74.7 Å². The van der Waals surface area contributed by atoms with Crippen molar-refractivity contribution in [2.24, 2.45) is 23.2 Å². The van der Waals surface area contributed by atoms with Crippen LogP contribution in [0.1, 0.15) is 45.4 Å². The summed E-state index contributed by atoms with van der Waals surface area (Å²) in [6.45, 7) is 2.36. The maximum atomic E-state index is 5.86. The van der Waals surface area contributed by atoms with E-state index in [1.54, 1.807) is 6.20 Å². The van der Waals surface area contributed by atoms with E-state index < -0.39 is 0 Å². The Balaban J connectivity index is 1.54. The zero-order chi connectivity index (χ0) is 13.7. The molecular weight excluding hydrogens is 246 g/mol. The van der Waals surface area contributed by atoms with Crippen LogP contribution in [0.2, 0.25) is 0 Å². The standard InChI is InChI=1S/C17H25N3/c1-11(20-16-7-15(18)2-3-19-16)17-8-12-4-13(9-17)6-14(5-12)10-17/h2-3,7,11-14H,4-6,8-10H2,1H3,(H3,18,19,20). The third kappa shape index (κ3) is 1.99.